The summed E-state index contributed by atoms with van der Waals surface area (Å²) in [6, 6.07) is 8.89. The van der Waals surface area contributed by atoms with Gasteiger partial charge in [-0.2, -0.15) is 0 Å². The summed E-state index contributed by atoms with van der Waals surface area (Å²) in [7, 11) is -3.82. The SMILES string of the molecule is CC1(C)OC(=O)C(Oc2ccc(Cl)cn2)=C1c1ccc(S(N)(=O)=O)cc1. The van der Waals surface area contributed by atoms with Crippen LogP contribution in [-0.4, -0.2) is 25.0 Å². The summed E-state index contributed by atoms with van der Waals surface area (Å²) in [4.78, 5) is 16.3. The van der Waals surface area contributed by atoms with Crippen LogP contribution in [0.5, 0.6) is 5.88 Å². The van der Waals surface area contributed by atoms with E-state index >= 15 is 0 Å². The first-order valence-electron chi connectivity index (χ1n) is 7.49. The summed E-state index contributed by atoms with van der Waals surface area (Å²) in [5.74, 6) is -0.483. The number of carbonyl (C=O) groups is 1. The van der Waals surface area contributed by atoms with Crippen LogP contribution in [0, 0.1) is 0 Å². The summed E-state index contributed by atoms with van der Waals surface area (Å²) in [5.41, 5.74) is 0.0690. The van der Waals surface area contributed by atoms with Crippen LogP contribution in [0.1, 0.15) is 19.4 Å². The highest BCUT2D eigenvalue weighted by Crippen LogP contribution is 2.40. The molecule has 136 valence electrons. The number of nitrogens with zero attached hydrogens (tertiary/aromatic N) is 1. The number of hydrogen-bond acceptors (Lipinski definition) is 6. The Kier molecular flexibility index (Phi) is 4.51. The summed E-state index contributed by atoms with van der Waals surface area (Å²) < 4.78 is 33.9. The van der Waals surface area contributed by atoms with Gasteiger partial charge in [0.15, 0.2) is 0 Å². The molecule has 0 aliphatic carbocycles. The minimum absolute atomic E-state index is 0.0202. The zero-order valence-electron chi connectivity index (χ0n) is 13.9. The highest BCUT2D eigenvalue weighted by atomic mass is 35.5. The molecule has 0 unspecified atom stereocenters. The van der Waals surface area contributed by atoms with Crippen LogP contribution in [0.2, 0.25) is 5.02 Å². The number of halogens is 1. The standard InChI is InChI=1S/C17H15ClN2O5S/c1-17(2)14(10-3-6-12(7-4-10)26(19,22)23)15(16(21)25-17)24-13-8-5-11(18)9-20-13/h3-9H,1-2H3,(H2,19,22,23). The molecule has 2 heterocycles. The second kappa shape index (κ2) is 6.39. The maximum atomic E-state index is 12.3. The van der Waals surface area contributed by atoms with E-state index in [-0.39, 0.29) is 16.5 Å². The summed E-state index contributed by atoms with van der Waals surface area (Å²) in [5, 5.41) is 5.55. The smallest absolute Gasteiger partial charge is 0.375 e. The molecular formula is C17H15ClN2O5S. The van der Waals surface area contributed by atoms with Crippen LogP contribution in [0.25, 0.3) is 5.57 Å². The van der Waals surface area contributed by atoms with Crippen molar-refractivity contribution in [2.45, 2.75) is 24.3 Å². The third-order valence-electron chi connectivity index (χ3n) is 3.74. The lowest BCUT2D eigenvalue weighted by Gasteiger charge is -2.21. The highest BCUT2D eigenvalue weighted by Gasteiger charge is 2.43. The molecule has 2 aromatic rings. The van der Waals surface area contributed by atoms with E-state index in [4.69, 9.17) is 26.2 Å². The average Bonchev–Trinajstić information content (AvgIpc) is 2.77. The minimum Gasteiger partial charge on any atom is -0.449 e. The lowest BCUT2D eigenvalue weighted by atomic mass is 9.92. The largest absolute Gasteiger partial charge is 0.449 e. The van der Waals surface area contributed by atoms with Crippen molar-refractivity contribution in [2.24, 2.45) is 5.14 Å². The second-order valence-corrected chi connectivity index (χ2v) is 8.09. The number of esters is 1. The highest BCUT2D eigenvalue weighted by molar-refractivity contribution is 7.89. The molecule has 0 saturated carbocycles. The van der Waals surface area contributed by atoms with E-state index in [0.29, 0.717) is 16.2 Å². The maximum Gasteiger partial charge on any atom is 0.375 e. The predicted molar refractivity (Wildman–Crippen MR) is 94.8 cm³/mol. The van der Waals surface area contributed by atoms with E-state index < -0.39 is 21.6 Å². The number of hydrogen-bond donors (Lipinski definition) is 1. The normalized spacial score (nSPS) is 16.5. The van der Waals surface area contributed by atoms with E-state index in [1.807, 2.05) is 0 Å². The minimum atomic E-state index is -3.82. The Bertz CT molecular complexity index is 996. The molecule has 0 fully saturated rings. The summed E-state index contributed by atoms with van der Waals surface area (Å²) in [6.45, 7) is 3.42. The van der Waals surface area contributed by atoms with Gasteiger partial charge in [0.1, 0.15) is 5.60 Å². The van der Waals surface area contributed by atoms with E-state index in [9.17, 15) is 13.2 Å². The quantitative estimate of drug-likeness (QED) is 0.798. The van der Waals surface area contributed by atoms with Gasteiger partial charge in [-0.05, 0) is 37.6 Å². The Hall–Kier alpha value is -2.42. The van der Waals surface area contributed by atoms with Crippen molar-refractivity contribution in [3.63, 3.8) is 0 Å². The third kappa shape index (κ3) is 3.57. The van der Waals surface area contributed by atoms with Crippen molar-refractivity contribution in [1.29, 1.82) is 0 Å². The van der Waals surface area contributed by atoms with Crippen molar-refractivity contribution < 1.29 is 22.7 Å². The molecular weight excluding hydrogens is 380 g/mol. The van der Waals surface area contributed by atoms with Crippen molar-refractivity contribution in [3.8, 4) is 5.88 Å². The Balaban J connectivity index is 2.07. The molecule has 0 radical (unpaired) electrons. The number of primary sulfonamides is 1. The van der Waals surface area contributed by atoms with Crippen molar-refractivity contribution >= 4 is 33.2 Å². The number of sulfonamides is 1. The van der Waals surface area contributed by atoms with Gasteiger partial charge < -0.3 is 9.47 Å². The van der Waals surface area contributed by atoms with Gasteiger partial charge in [-0.1, -0.05) is 23.7 Å². The first kappa shape index (κ1) is 18.4. The molecule has 1 aliphatic heterocycles. The molecule has 1 aromatic heterocycles. The molecule has 26 heavy (non-hydrogen) atoms. The van der Waals surface area contributed by atoms with Gasteiger partial charge in [0.2, 0.25) is 21.7 Å². The van der Waals surface area contributed by atoms with Crippen LogP contribution in [0.3, 0.4) is 0 Å². The zero-order chi connectivity index (χ0) is 19.1. The fourth-order valence-electron chi connectivity index (χ4n) is 2.61. The van der Waals surface area contributed by atoms with E-state index in [0.717, 1.165) is 0 Å². The molecule has 7 nitrogen and oxygen atoms in total. The Morgan fingerprint density at radius 1 is 1.15 bits per heavy atom. The van der Waals surface area contributed by atoms with Crippen LogP contribution >= 0.6 is 11.6 Å². The van der Waals surface area contributed by atoms with Crippen molar-refractivity contribution in [3.05, 3.63) is 58.9 Å². The number of cyclic esters (lactones) is 1. The molecule has 0 saturated heterocycles. The summed E-state index contributed by atoms with van der Waals surface area (Å²) >= 11 is 5.80. The zero-order valence-corrected chi connectivity index (χ0v) is 15.5. The van der Waals surface area contributed by atoms with E-state index in [2.05, 4.69) is 4.98 Å². The molecule has 2 N–H and O–H groups in total. The summed E-state index contributed by atoms with van der Waals surface area (Å²) in [6.07, 6.45) is 1.39. The number of aromatic nitrogens is 1. The van der Waals surface area contributed by atoms with Gasteiger partial charge in [-0.3, -0.25) is 0 Å². The molecule has 9 heteroatoms. The van der Waals surface area contributed by atoms with Gasteiger partial charge in [-0.25, -0.2) is 23.3 Å². The Morgan fingerprint density at radius 2 is 1.81 bits per heavy atom. The maximum absolute atomic E-state index is 12.3. The fraction of sp³-hybridized carbons (Fsp3) is 0.176. The predicted octanol–water partition coefficient (Wildman–Crippen LogP) is 2.51. The molecule has 0 amide bonds. The van der Waals surface area contributed by atoms with E-state index in [1.54, 1.807) is 19.9 Å². The molecule has 0 spiro atoms. The number of ether oxygens (including phenoxy) is 2. The third-order valence-corrected chi connectivity index (χ3v) is 4.89. The average molecular weight is 395 g/mol. The van der Waals surface area contributed by atoms with Gasteiger partial charge in [0, 0.05) is 12.3 Å². The molecule has 1 aromatic carbocycles. The van der Waals surface area contributed by atoms with Crippen molar-refractivity contribution in [1.82, 2.24) is 4.98 Å². The Morgan fingerprint density at radius 3 is 2.35 bits per heavy atom. The number of rotatable bonds is 4. The first-order valence-corrected chi connectivity index (χ1v) is 9.41. The number of pyridine rings is 1. The van der Waals surface area contributed by atoms with Gasteiger partial charge in [0.05, 0.1) is 15.5 Å². The van der Waals surface area contributed by atoms with Crippen LogP contribution in [-0.2, 0) is 19.6 Å². The monoisotopic (exact) mass is 394 g/mol. The van der Waals surface area contributed by atoms with Crippen LogP contribution in [0.15, 0.2) is 53.2 Å². The second-order valence-electron chi connectivity index (χ2n) is 6.09. The van der Waals surface area contributed by atoms with Gasteiger partial charge >= 0.3 is 5.97 Å². The topological polar surface area (TPSA) is 109 Å². The Labute approximate surface area is 155 Å². The van der Waals surface area contributed by atoms with E-state index in [1.165, 1.54) is 36.5 Å². The van der Waals surface area contributed by atoms with Crippen LogP contribution < -0.4 is 9.88 Å². The molecule has 3 rings (SSSR count). The lowest BCUT2D eigenvalue weighted by Crippen LogP contribution is -2.22. The molecule has 0 atom stereocenters. The van der Waals surface area contributed by atoms with Gasteiger partial charge in [0.25, 0.3) is 0 Å². The van der Waals surface area contributed by atoms with Gasteiger partial charge in [-0.15, -0.1) is 0 Å². The number of nitrogens with two attached hydrogens (primary N) is 1. The molecule has 1 aliphatic rings. The fourth-order valence-corrected chi connectivity index (χ4v) is 3.24. The van der Waals surface area contributed by atoms with Crippen molar-refractivity contribution in [2.75, 3.05) is 0 Å². The number of benzene rings is 1. The molecule has 0 bridgehead atoms. The van der Waals surface area contributed by atoms with Crippen LogP contribution in [0.4, 0.5) is 0 Å². The number of carbonyl (C=O) groups excluding carboxylic acids is 1. The lowest BCUT2D eigenvalue weighted by molar-refractivity contribution is -0.145. The first-order chi connectivity index (χ1) is 12.1.